The van der Waals surface area contributed by atoms with Gasteiger partial charge in [-0.05, 0) is 49.7 Å². The number of unbranched alkanes of at least 4 members (excludes halogenated alkanes) is 2. The van der Waals surface area contributed by atoms with Crippen LogP contribution in [0.4, 0.5) is 11.8 Å². The molecule has 4 heteroatoms. The highest BCUT2D eigenvalue weighted by Crippen LogP contribution is 2.20. The highest BCUT2D eigenvalue weighted by atomic mass is 15.0. The Bertz CT molecular complexity index is 832. The molecule has 1 heterocycles. The third-order valence-electron chi connectivity index (χ3n) is 4.87. The van der Waals surface area contributed by atoms with Crippen molar-refractivity contribution in [2.24, 2.45) is 0 Å². The van der Waals surface area contributed by atoms with Crippen molar-refractivity contribution < 1.29 is 0 Å². The minimum Gasteiger partial charge on any atom is -0.383 e. The van der Waals surface area contributed by atoms with Crippen molar-refractivity contribution in [1.29, 1.82) is 0 Å². The summed E-state index contributed by atoms with van der Waals surface area (Å²) in [5, 5.41) is 0. The standard InChI is InChI=1S/C23H28N4/c24-22-20(15-9-3-8-12-18-10-4-1-5-11-18)21(26-23(25)27-22)17-16-19-13-6-2-7-14-19/h1-2,4-7,10-11,13-14H,3,8-9,12,15-17H2,(H4,24,25,26,27). The van der Waals surface area contributed by atoms with Gasteiger partial charge in [-0.15, -0.1) is 0 Å². The fraction of sp³-hybridized carbons (Fsp3) is 0.304. The molecule has 0 aliphatic heterocycles. The SMILES string of the molecule is Nc1nc(N)c(CCCCCc2ccccc2)c(CCc2ccccc2)n1. The van der Waals surface area contributed by atoms with E-state index < -0.39 is 0 Å². The van der Waals surface area contributed by atoms with E-state index in [1.54, 1.807) is 0 Å². The van der Waals surface area contributed by atoms with E-state index >= 15 is 0 Å². The number of aromatic nitrogens is 2. The van der Waals surface area contributed by atoms with Gasteiger partial charge in [0.2, 0.25) is 5.95 Å². The van der Waals surface area contributed by atoms with Gasteiger partial charge in [0.1, 0.15) is 5.82 Å². The summed E-state index contributed by atoms with van der Waals surface area (Å²) in [7, 11) is 0. The van der Waals surface area contributed by atoms with Gasteiger partial charge in [0, 0.05) is 5.56 Å². The molecule has 0 amide bonds. The molecule has 0 spiro atoms. The number of rotatable bonds is 9. The van der Waals surface area contributed by atoms with E-state index in [9.17, 15) is 0 Å². The number of benzene rings is 2. The lowest BCUT2D eigenvalue weighted by Gasteiger charge is -2.12. The molecule has 3 aromatic rings. The van der Waals surface area contributed by atoms with Crippen molar-refractivity contribution in [3.8, 4) is 0 Å². The summed E-state index contributed by atoms with van der Waals surface area (Å²) in [5.74, 6) is 0.803. The van der Waals surface area contributed by atoms with Crippen LogP contribution in [0.2, 0.25) is 0 Å². The molecule has 4 N–H and O–H groups in total. The highest BCUT2D eigenvalue weighted by molar-refractivity contribution is 5.46. The molecule has 0 unspecified atom stereocenters. The van der Waals surface area contributed by atoms with Crippen LogP contribution in [0.1, 0.15) is 41.6 Å². The summed E-state index contributed by atoms with van der Waals surface area (Å²) < 4.78 is 0. The highest BCUT2D eigenvalue weighted by Gasteiger charge is 2.11. The third kappa shape index (κ3) is 5.81. The van der Waals surface area contributed by atoms with Crippen LogP contribution < -0.4 is 11.5 Å². The molecule has 3 rings (SSSR count). The van der Waals surface area contributed by atoms with Crippen LogP contribution in [0.3, 0.4) is 0 Å². The monoisotopic (exact) mass is 360 g/mol. The molecule has 2 aromatic carbocycles. The molecular weight excluding hydrogens is 332 g/mol. The molecule has 0 aliphatic carbocycles. The summed E-state index contributed by atoms with van der Waals surface area (Å²) in [4.78, 5) is 8.66. The summed E-state index contributed by atoms with van der Waals surface area (Å²) >= 11 is 0. The van der Waals surface area contributed by atoms with Crippen molar-refractivity contribution in [2.45, 2.75) is 44.9 Å². The van der Waals surface area contributed by atoms with Crippen LogP contribution in [0.25, 0.3) is 0 Å². The summed E-state index contributed by atoms with van der Waals surface area (Å²) in [6.07, 6.45) is 7.22. The number of hydrogen-bond donors (Lipinski definition) is 2. The predicted octanol–water partition coefficient (Wildman–Crippen LogP) is 4.38. The fourth-order valence-corrected chi connectivity index (χ4v) is 3.41. The Labute approximate surface area is 161 Å². The lowest BCUT2D eigenvalue weighted by molar-refractivity contribution is 0.672. The average Bonchev–Trinajstić information content (AvgIpc) is 2.69. The van der Waals surface area contributed by atoms with Gasteiger partial charge in [0.05, 0.1) is 5.69 Å². The molecule has 0 saturated heterocycles. The molecule has 0 radical (unpaired) electrons. The molecule has 0 atom stereocenters. The van der Waals surface area contributed by atoms with E-state index in [0.29, 0.717) is 5.82 Å². The van der Waals surface area contributed by atoms with Gasteiger partial charge in [-0.2, -0.15) is 4.98 Å². The Morgan fingerprint density at radius 3 is 1.85 bits per heavy atom. The smallest absolute Gasteiger partial charge is 0.222 e. The van der Waals surface area contributed by atoms with Gasteiger partial charge in [-0.1, -0.05) is 67.1 Å². The van der Waals surface area contributed by atoms with E-state index in [0.717, 1.165) is 49.8 Å². The average molecular weight is 361 g/mol. The number of nitrogen functional groups attached to an aromatic ring is 2. The Balaban J connectivity index is 1.55. The lowest BCUT2D eigenvalue weighted by atomic mass is 10.00. The molecule has 140 valence electrons. The van der Waals surface area contributed by atoms with Crippen LogP contribution in [0.5, 0.6) is 0 Å². The zero-order chi connectivity index (χ0) is 18.9. The first kappa shape index (κ1) is 18.9. The number of hydrogen-bond acceptors (Lipinski definition) is 4. The van der Waals surface area contributed by atoms with E-state index in [1.807, 2.05) is 6.07 Å². The maximum atomic E-state index is 6.17. The summed E-state index contributed by atoms with van der Waals surface area (Å²) in [5.41, 5.74) is 16.8. The zero-order valence-electron chi connectivity index (χ0n) is 15.8. The number of nitrogens with two attached hydrogens (primary N) is 2. The first-order valence-electron chi connectivity index (χ1n) is 9.71. The Morgan fingerprint density at radius 2 is 1.19 bits per heavy atom. The van der Waals surface area contributed by atoms with E-state index in [4.69, 9.17) is 11.5 Å². The first-order chi connectivity index (χ1) is 13.2. The Hall–Kier alpha value is -2.88. The first-order valence-corrected chi connectivity index (χ1v) is 9.71. The molecular formula is C23H28N4. The maximum Gasteiger partial charge on any atom is 0.222 e. The quantitative estimate of drug-likeness (QED) is 0.555. The van der Waals surface area contributed by atoms with Gasteiger partial charge in [0.25, 0.3) is 0 Å². The van der Waals surface area contributed by atoms with Crippen LogP contribution in [0, 0.1) is 0 Å². The van der Waals surface area contributed by atoms with Crippen LogP contribution >= 0.6 is 0 Å². The normalized spacial score (nSPS) is 10.8. The maximum absolute atomic E-state index is 6.17. The lowest BCUT2D eigenvalue weighted by Crippen LogP contribution is -2.10. The van der Waals surface area contributed by atoms with E-state index in [2.05, 4.69) is 64.6 Å². The van der Waals surface area contributed by atoms with Crippen molar-refractivity contribution in [3.63, 3.8) is 0 Å². The molecule has 1 aromatic heterocycles. The molecule has 0 bridgehead atoms. The minimum absolute atomic E-state index is 0.267. The summed E-state index contributed by atoms with van der Waals surface area (Å²) in [6, 6.07) is 21.1. The number of anilines is 2. The van der Waals surface area contributed by atoms with Crippen molar-refractivity contribution >= 4 is 11.8 Å². The van der Waals surface area contributed by atoms with Gasteiger partial charge >= 0.3 is 0 Å². The van der Waals surface area contributed by atoms with Crippen LogP contribution in [0.15, 0.2) is 60.7 Å². The van der Waals surface area contributed by atoms with Gasteiger partial charge < -0.3 is 11.5 Å². The second kappa shape index (κ2) is 9.72. The van der Waals surface area contributed by atoms with Crippen LogP contribution in [-0.4, -0.2) is 9.97 Å². The second-order valence-corrected chi connectivity index (χ2v) is 6.92. The molecule has 0 saturated carbocycles. The van der Waals surface area contributed by atoms with E-state index in [-0.39, 0.29) is 5.95 Å². The predicted molar refractivity (Wildman–Crippen MR) is 112 cm³/mol. The van der Waals surface area contributed by atoms with Gasteiger partial charge in [0.15, 0.2) is 0 Å². The topological polar surface area (TPSA) is 77.8 Å². The van der Waals surface area contributed by atoms with Gasteiger partial charge in [-0.3, -0.25) is 0 Å². The molecule has 0 aliphatic rings. The Morgan fingerprint density at radius 1 is 0.593 bits per heavy atom. The van der Waals surface area contributed by atoms with Crippen molar-refractivity contribution in [3.05, 3.63) is 83.0 Å². The van der Waals surface area contributed by atoms with Crippen molar-refractivity contribution in [1.82, 2.24) is 9.97 Å². The molecule has 4 nitrogen and oxygen atoms in total. The number of nitrogens with zero attached hydrogens (tertiary/aromatic N) is 2. The largest absolute Gasteiger partial charge is 0.383 e. The summed E-state index contributed by atoms with van der Waals surface area (Å²) in [6.45, 7) is 0. The third-order valence-corrected chi connectivity index (χ3v) is 4.87. The van der Waals surface area contributed by atoms with Gasteiger partial charge in [-0.25, -0.2) is 4.98 Å². The van der Waals surface area contributed by atoms with Crippen LogP contribution in [-0.2, 0) is 25.7 Å². The van der Waals surface area contributed by atoms with E-state index in [1.165, 1.54) is 17.5 Å². The molecule has 27 heavy (non-hydrogen) atoms. The minimum atomic E-state index is 0.267. The molecule has 0 fully saturated rings. The zero-order valence-corrected chi connectivity index (χ0v) is 15.8. The fourth-order valence-electron chi connectivity index (χ4n) is 3.41. The van der Waals surface area contributed by atoms with Crippen molar-refractivity contribution in [2.75, 3.05) is 11.5 Å². The second-order valence-electron chi connectivity index (χ2n) is 6.92. The number of aryl methyl sites for hydroxylation is 3. The Kier molecular flexibility index (Phi) is 6.80.